The van der Waals surface area contributed by atoms with Gasteiger partial charge in [0, 0.05) is 12.1 Å². The van der Waals surface area contributed by atoms with Crippen molar-refractivity contribution in [3.8, 4) is 0 Å². The lowest BCUT2D eigenvalue weighted by Crippen LogP contribution is -2.56. The Morgan fingerprint density at radius 3 is 2.47 bits per heavy atom. The molecule has 2 rings (SSSR count). The molecule has 2 atom stereocenters. The summed E-state index contributed by atoms with van der Waals surface area (Å²) in [6.07, 6.45) is 0.159. The normalized spacial score (nSPS) is 34.9. The largest absolute Gasteiger partial charge is 0.391 e. The highest BCUT2D eigenvalue weighted by Crippen LogP contribution is 2.41. The number of hydrogen-bond acceptors (Lipinski definition) is 2. The number of rotatable bonds is 4. The maximum Gasteiger partial charge on any atom is 0.391 e. The van der Waals surface area contributed by atoms with Crippen molar-refractivity contribution in [3.05, 3.63) is 0 Å². The lowest BCUT2D eigenvalue weighted by molar-refractivity contribution is -0.188. The van der Waals surface area contributed by atoms with Crippen LogP contribution >= 0.6 is 0 Å². The third-order valence-corrected chi connectivity index (χ3v) is 4.16. The second kappa shape index (κ2) is 4.76. The summed E-state index contributed by atoms with van der Waals surface area (Å²) in [6.45, 7) is 1.15. The van der Waals surface area contributed by atoms with Gasteiger partial charge in [0.05, 0.1) is 5.92 Å². The molecule has 17 heavy (non-hydrogen) atoms. The van der Waals surface area contributed by atoms with Crippen molar-refractivity contribution in [2.24, 2.45) is 17.6 Å². The van der Waals surface area contributed by atoms with Crippen LogP contribution in [0.1, 0.15) is 38.5 Å². The van der Waals surface area contributed by atoms with E-state index in [1.165, 1.54) is 12.8 Å². The van der Waals surface area contributed by atoms with Crippen molar-refractivity contribution < 1.29 is 13.2 Å². The van der Waals surface area contributed by atoms with E-state index in [2.05, 4.69) is 5.32 Å². The molecule has 0 radical (unpaired) electrons. The van der Waals surface area contributed by atoms with Gasteiger partial charge in [0.25, 0.3) is 0 Å². The summed E-state index contributed by atoms with van der Waals surface area (Å²) in [5.41, 5.74) is 5.25. The third kappa shape index (κ3) is 3.35. The summed E-state index contributed by atoms with van der Waals surface area (Å²) in [6, 6.07) is 0. The second-order valence-corrected chi connectivity index (χ2v) is 5.64. The minimum Gasteiger partial charge on any atom is -0.329 e. The Bertz CT molecular complexity index is 263. The van der Waals surface area contributed by atoms with E-state index in [0.717, 1.165) is 13.0 Å². The Hall–Kier alpha value is -0.290. The van der Waals surface area contributed by atoms with E-state index >= 15 is 0 Å². The standard InChI is InChI=1S/C12H21F3N2/c13-12(14,15)10-2-1-5-11(6-10,8-16)17-7-9-3-4-9/h9-10,17H,1-8,16H2. The van der Waals surface area contributed by atoms with Gasteiger partial charge in [-0.1, -0.05) is 6.42 Å². The number of nitrogens with one attached hydrogen (secondary N) is 1. The predicted octanol–water partition coefficient (Wildman–Crippen LogP) is 2.44. The predicted molar refractivity (Wildman–Crippen MR) is 60.5 cm³/mol. The molecule has 0 heterocycles. The number of alkyl halides is 3. The Morgan fingerprint density at radius 2 is 1.94 bits per heavy atom. The summed E-state index contributed by atoms with van der Waals surface area (Å²) < 4.78 is 38.3. The quantitative estimate of drug-likeness (QED) is 0.804. The van der Waals surface area contributed by atoms with Crippen molar-refractivity contribution in [2.45, 2.75) is 50.2 Å². The third-order valence-electron chi connectivity index (χ3n) is 4.16. The maximum absolute atomic E-state index is 12.8. The van der Waals surface area contributed by atoms with Gasteiger partial charge in [-0.3, -0.25) is 0 Å². The molecular weight excluding hydrogens is 229 g/mol. The zero-order valence-corrected chi connectivity index (χ0v) is 10.0. The van der Waals surface area contributed by atoms with E-state index in [9.17, 15) is 13.2 Å². The van der Waals surface area contributed by atoms with Crippen LogP contribution in [-0.2, 0) is 0 Å². The van der Waals surface area contributed by atoms with Crippen molar-refractivity contribution >= 4 is 0 Å². The molecule has 5 heteroatoms. The fourth-order valence-corrected chi connectivity index (χ4v) is 2.74. The van der Waals surface area contributed by atoms with Gasteiger partial charge < -0.3 is 11.1 Å². The highest BCUT2D eigenvalue weighted by Gasteiger charge is 2.47. The monoisotopic (exact) mass is 250 g/mol. The van der Waals surface area contributed by atoms with E-state index in [1.807, 2.05) is 0 Å². The van der Waals surface area contributed by atoms with Crippen LogP contribution in [0.25, 0.3) is 0 Å². The van der Waals surface area contributed by atoms with E-state index in [1.54, 1.807) is 0 Å². The zero-order chi connectivity index (χ0) is 12.5. The topological polar surface area (TPSA) is 38.0 Å². The van der Waals surface area contributed by atoms with Gasteiger partial charge in [-0.05, 0) is 44.6 Å². The number of nitrogens with two attached hydrogens (primary N) is 1. The highest BCUT2D eigenvalue weighted by molar-refractivity contribution is 4.97. The zero-order valence-electron chi connectivity index (χ0n) is 10.0. The van der Waals surface area contributed by atoms with Crippen molar-refractivity contribution in [2.75, 3.05) is 13.1 Å². The van der Waals surface area contributed by atoms with Crippen LogP contribution in [0.4, 0.5) is 13.2 Å². The fourth-order valence-electron chi connectivity index (χ4n) is 2.74. The van der Waals surface area contributed by atoms with Crippen molar-refractivity contribution in [1.82, 2.24) is 5.32 Å². The van der Waals surface area contributed by atoms with Gasteiger partial charge in [0.1, 0.15) is 0 Å². The smallest absolute Gasteiger partial charge is 0.329 e. The fraction of sp³-hybridized carbons (Fsp3) is 1.00. The molecule has 0 spiro atoms. The first-order valence-electron chi connectivity index (χ1n) is 6.47. The van der Waals surface area contributed by atoms with Gasteiger partial charge in [-0.15, -0.1) is 0 Å². The van der Waals surface area contributed by atoms with Crippen LogP contribution in [-0.4, -0.2) is 24.8 Å². The Labute approximate surface area is 100 Å². The van der Waals surface area contributed by atoms with Crippen LogP contribution in [0.5, 0.6) is 0 Å². The molecule has 100 valence electrons. The Kier molecular flexibility index (Phi) is 3.69. The first kappa shape index (κ1) is 13.1. The van der Waals surface area contributed by atoms with Gasteiger partial charge in [0.2, 0.25) is 0 Å². The summed E-state index contributed by atoms with van der Waals surface area (Å²) in [4.78, 5) is 0. The molecule has 2 aliphatic rings. The van der Waals surface area contributed by atoms with Crippen LogP contribution in [0.15, 0.2) is 0 Å². The molecule has 0 bridgehead atoms. The number of halogens is 3. The van der Waals surface area contributed by atoms with Gasteiger partial charge in [-0.25, -0.2) is 0 Å². The van der Waals surface area contributed by atoms with Crippen LogP contribution in [0.2, 0.25) is 0 Å². The second-order valence-electron chi connectivity index (χ2n) is 5.64. The Morgan fingerprint density at radius 1 is 1.24 bits per heavy atom. The molecule has 0 aliphatic heterocycles. The van der Waals surface area contributed by atoms with Crippen LogP contribution < -0.4 is 11.1 Å². The molecule has 2 saturated carbocycles. The summed E-state index contributed by atoms with van der Waals surface area (Å²) in [5, 5.41) is 3.32. The molecule has 0 saturated heterocycles. The summed E-state index contributed by atoms with van der Waals surface area (Å²) in [5.74, 6) is -0.504. The van der Waals surface area contributed by atoms with Crippen LogP contribution in [0, 0.1) is 11.8 Å². The van der Waals surface area contributed by atoms with Crippen LogP contribution in [0.3, 0.4) is 0 Å². The molecule has 0 amide bonds. The lowest BCUT2D eigenvalue weighted by Gasteiger charge is -2.41. The molecule has 0 aromatic rings. The molecule has 2 aliphatic carbocycles. The highest BCUT2D eigenvalue weighted by atomic mass is 19.4. The van der Waals surface area contributed by atoms with Crippen molar-refractivity contribution in [1.29, 1.82) is 0 Å². The lowest BCUT2D eigenvalue weighted by atomic mass is 9.75. The molecule has 2 nitrogen and oxygen atoms in total. The molecule has 0 aromatic heterocycles. The van der Waals surface area contributed by atoms with Gasteiger partial charge in [-0.2, -0.15) is 13.2 Å². The molecule has 2 fully saturated rings. The van der Waals surface area contributed by atoms with Gasteiger partial charge in [0.15, 0.2) is 0 Å². The van der Waals surface area contributed by atoms with E-state index in [0.29, 0.717) is 18.9 Å². The molecular formula is C12H21F3N2. The van der Waals surface area contributed by atoms with E-state index < -0.39 is 17.6 Å². The SMILES string of the molecule is NCC1(NCC2CC2)CCCC(C(F)(F)F)C1. The summed E-state index contributed by atoms with van der Waals surface area (Å²) in [7, 11) is 0. The van der Waals surface area contributed by atoms with Crippen molar-refractivity contribution in [3.63, 3.8) is 0 Å². The van der Waals surface area contributed by atoms with Gasteiger partial charge >= 0.3 is 6.18 Å². The first-order chi connectivity index (χ1) is 7.95. The number of hydrogen-bond donors (Lipinski definition) is 2. The minimum absolute atomic E-state index is 0.153. The summed E-state index contributed by atoms with van der Waals surface area (Å²) >= 11 is 0. The molecule has 3 N–H and O–H groups in total. The maximum atomic E-state index is 12.8. The minimum atomic E-state index is -4.07. The average molecular weight is 250 g/mol. The molecule has 0 aromatic carbocycles. The molecule has 2 unspecified atom stereocenters. The van der Waals surface area contributed by atoms with E-state index in [-0.39, 0.29) is 12.8 Å². The first-order valence-corrected chi connectivity index (χ1v) is 6.47. The average Bonchev–Trinajstić information content (AvgIpc) is 3.09. The Balaban J connectivity index is 1.94. The van der Waals surface area contributed by atoms with E-state index in [4.69, 9.17) is 5.73 Å².